The number of nitrogens with one attached hydrogen (secondary N) is 1. The molecular weight excluding hydrogens is 288 g/mol. The molecule has 1 aliphatic rings. The van der Waals surface area contributed by atoms with Gasteiger partial charge in [-0.1, -0.05) is 37.3 Å². The molecule has 122 valence electrons. The van der Waals surface area contributed by atoms with Crippen LogP contribution in [0.2, 0.25) is 0 Å². The molecule has 2 atom stereocenters. The molecule has 23 heavy (non-hydrogen) atoms. The molecule has 0 radical (unpaired) electrons. The highest BCUT2D eigenvalue weighted by Crippen LogP contribution is 2.32. The van der Waals surface area contributed by atoms with E-state index >= 15 is 0 Å². The molecule has 0 spiro atoms. The van der Waals surface area contributed by atoms with Crippen LogP contribution in [0.5, 0.6) is 0 Å². The smallest absolute Gasteiger partial charge is 0.317 e. The maximum Gasteiger partial charge on any atom is 0.317 e. The van der Waals surface area contributed by atoms with E-state index in [1.165, 1.54) is 5.56 Å². The molecule has 5 heteroatoms. The van der Waals surface area contributed by atoms with E-state index < -0.39 is 0 Å². The summed E-state index contributed by atoms with van der Waals surface area (Å²) >= 11 is 0. The molecule has 2 unspecified atom stereocenters. The fourth-order valence-corrected chi connectivity index (χ4v) is 3.36. The SMILES string of the molecule is CC1CN(C(=O)NCc2nccn2C)CCC1c1ccccc1. The van der Waals surface area contributed by atoms with Gasteiger partial charge in [0.2, 0.25) is 0 Å². The number of aromatic nitrogens is 2. The molecule has 1 saturated heterocycles. The number of rotatable bonds is 3. The number of likely N-dealkylation sites (tertiary alicyclic amines) is 1. The van der Waals surface area contributed by atoms with Gasteiger partial charge in [-0.2, -0.15) is 0 Å². The van der Waals surface area contributed by atoms with Crippen molar-refractivity contribution < 1.29 is 4.79 Å². The summed E-state index contributed by atoms with van der Waals surface area (Å²) in [5.74, 6) is 1.87. The first-order valence-electron chi connectivity index (χ1n) is 8.19. The zero-order valence-corrected chi connectivity index (χ0v) is 13.8. The molecular formula is C18H24N4O. The van der Waals surface area contributed by atoms with Crippen molar-refractivity contribution in [3.63, 3.8) is 0 Å². The van der Waals surface area contributed by atoms with Gasteiger partial charge < -0.3 is 14.8 Å². The van der Waals surface area contributed by atoms with Crippen LogP contribution in [0.15, 0.2) is 42.7 Å². The van der Waals surface area contributed by atoms with Gasteiger partial charge in [0.25, 0.3) is 0 Å². The van der Waals surface area contributed by atoms with Crippen molar-refractivity contribution in [2.45, 2.75) is 25.8 Å². The van der Waals surface area contributed by atoms with Crippen LogP contribution in [0.1, 0.15) is 30.7 Å². The monoisotopic (exact) mass is 312 g/mol. The maximum absolute atomic E-state index is 12.4. The molecule has 5 nitrogen and oxygen atoms in total. The molecule has 1 aromatic heterocycles. The van der Waals surface area contributed by atoms with Gasteiger partial charge in [-0.25, -0.2) is 9.78 Å². The predicted octanol–water partition coefficient (Wildman–Crippen LogP) is 2.76. The van der Waals surface area contributed by atoms with Crippen LogP contribution in [0.25, 0.3) is 0 Å². The molecule has 1 aromatic carbocycles. The number of urea groups is 1. The number of imidazole rings is 1. The van der Waals surface area contributed by atoms with Crippen molar-refractivity contribution in [2.24, 2.45) is 13.0 Å². The fourth-order valence-electron chi connectivity index (χ4n) is 3.36. The second-order valence-corrected chi connectivity index (χ2v) is 6.34. The van der Waals surface area contributed by atoms with E-state index in [0.29, 0.717) is 18.4 Å². The molecule has 0 aliphatic carbocycles. The van der Waals surface area contributed by atoms with Crippen molar-refractivity contribution in [3.8, 4) is 0 Å². The van der Waals surface area contributed by atoms with Crippen LogP contribution >= 0.6 is 0 Å². The second-order valence-electron chi connectivity index (χ2n) is 6.34. The van der Waals surface area contributed by atoms with E-state index in [2.05, 4.69) is 41.5 Å². The van der Waals surface area contributed by atoms with Crippen LogP contribution < -0.4 is 5.32 Å². The highest BCUT2D eigenvalue weighted by atomic mass is 16.2. The Morgan fingerprint density at radius 1 is 1.35 bits per heavy atom. The molecule has 3 rings (SSSR count). The van der Waals surface area contributed by atoms with Crippen LogP contribution in [0.4, 0.5) is 4.79 Å². The number of carbonyl (C=O) groups excluding carboxylic acids is 1. The summed E-state index contributed by atoms with van der Waals surface area (Å²) in [6.45, 7) is 4.30. The van der Waals surface area contributed by atoms with Crippen molar-refractivity contribution >= 4 is 6.03 Å². The molecule has 1 N–H and O–H groups in total. The van der Waals surface area contributed by atoms with E-state index in [1.54, 1.807) is 6.20 Å². The Morgan fingerprint density at radius 2 is 2.13 bits per heavy atom. The Hall–Kier alpha value is -2.30. The van der Waals surface area contributed by atoms with Gasteiger partial charge in [0, 0.05) is 32.5 Å². The minimum atomic E-state index is 0.00589. The lowest BCUT2D eigenvalue weighted by atomic mass is 9.82. The maximum atomic E-state index is 12.4. The van der Waals surface area contributed by atoms with Crippen LogP contribution in [-0.2, 0) is 13.6 Å². The molecule has 0 saturated carbocycles. The largest absolute Gasteiger partial charge is 0.337 e. The average Bonchev–Trinajstić information content (AvgIpc) is 2.98. The van der Waals surface area contributed by atoms with Crippen molar-refractivity contribution in [3.05, 3.63) is 54.1 Å². The van der Waals surface area contributed by atoms with Gasteiger partial charge in [-0.3, -0.25) is 0 Å². The zero-order valence-electron chi connectivity index (χ0n) is 13.8. The molecule has 2 heterocycles. The predicted molar refractivity (Wildman–Crippen MR) is 90.0 cm³/mol. The Balaban J connectivity index is 1.55. The van der Waals surface area contributed by atoms with Crippen molar-refractivity contribution in [1.82, 2.24) is 19.8 Å². The second kappa shape index (κ2) is 6.86. The Labute approximate surface area is 137 Å². The number of carbonyl (C=O) groups is 1. The number of amides is 2. The van der Waals surface area contributed by atoms with E-state index in [0.717, 1.165) is 25.3 Å². The van der Waals surface area contributed by atoms with Gasteiger partial charge >= 0.3 is 6.03 Å². The Kier molecular flexibility index (Phi) is 4.65. The summed E-state index contributed by atoms with van der Waals surface area (Å²) in [6, 6.07) is 10.6. The lowest BCUT2D eigenvalue weighted by Crippen LogP contribution is -2.46. The Bertz CT molecular complexity index is 652. The molecule has 2 aromatic rings. The number of piperidine rings is 1. The van der Waals surface area contributed by atoms with Crippen molar-refractivity contribution in [1.29, 1.82) is 0 Å². The first-order valence-corrected chi connectivity index (χ1v) is 8.19. The van der Waals surface area contributed by atoms with Gasteiger partial charge in [0.15, 0.2) is 0 Å². The normalized spacial score (nSPS) is 21.2. The first-order chi connectivity index (χ1) is 11.1. The lowest BCUT2D eigenvalue weighted by Gasteiger charge is -2.37. The zero-order chi connectivity index (χ0) is 16.2. The standard InChI is InChI=1S/C18H24N4O/c1-14-13-22(10-8-16(14)15-6-4-3-5-7-15)18(23)20-12-17-19-9-11-21(17)2/h3-7,9,11,14,16H,8,10,12-13H2,1-2H3,(H,20,23). The van der Waals surface area contributed by atoms with E-state index in [-0.39, 0.29) is 6.03 Å². The summed E-state index contributed by atoms with van der Waals surface area (Å²) in [5, 5.41) is 2.97. The van der Waals surface area contributed by atoms with Crippen LogP contribution in [-0.4, -0.2) is 33.6 Å². The molecule has 1 fully saturated rings. The third-order valence-electron chi connectivity index (χ3n) is 4.74. The van der Waals surface area contributed by atoms with Gasteiger partial charge in [-0.15, -0.1) is 0 Å². The van der Waals surface area contributed by atoms with Crippen molar-refractivity contribution in [2.75, 3.05) is 13.1 Å². The number of nitrogens with zero attached hydrogens (tertiary/aromatic N) is 3. The summed E-state index contributed by atoms with van der Waals surface area (Å²) in [7, 11) is 1.93. The molecule has 1 aliphatic heterocycles. The lowest BCUT2D eigenvalue weighted by molar-refractivity contribution is 0.159. The quantitative estimate of drug-likeness (QED) is 0.947. The van der Waals surface area contributed by atoms with Crippen LogP contribution in [0, 0.1) is 5.92 Å². The van der Waals surface area contributed by atoms with E-state index in [1.807, 2.05) is 28.8 Å². The number of benzene rings is 1. The van der Waals surface area contributed by atoms with Gasteiger partial charge in [0.1, 0.15) is 5.82 Å². The fraction of sp³-hybridized carbons (Fsp3) is 0.444. The number of aryl methyl sites for hydroxylation is 1. The summed E-state index contributed by atoms with van der Waals surface area (Å²) in [4.78, 5) is 18.5. The van der Waals surface area contributed by atoms with E-state index in [4.69, 9.17) is 0 Å². The topological polar surface area (TPSA) is 50.2 Å². The first kappa shape index (κ1) is 15.6. The van der Waals surface area contributed by atoms with E-state index in [9.17, 15) is 4.79 Å². The number of hydrogen-bond acceptors (Lipinski definition) is 2. The van der Waals surface area contributed by atoms with Gasteiger partial charge in [0.05, 0.1) is 6.54 Å². The third kappa shape index (κ3) is 3.55. The minimum absolute atomic E-state index is 0.00589. The number of hydrogen-bond donors (Lipinski definition) is 1. The third-order valence-corrected chi connectivity index (χ3v) is 4.74. The summed E-state index contributed by atoms with van der Waals surface area (Å²) < 4.78 is 1.92. The molecule has 0 bridgehead atoms. The highest BCUT2D eigenvalue weighted by Gasteiger charge is 2.29. The summed E-state index contributed by atoms with van der Waals surface area (Å²) in [6.07, 6.45) is 4.64. The highest BCUT2D eigenvalue weighted by molar-refractivity contribution is 5.74. The minimum Gasteiger partial charge on any atom is -0.337 e. The van der Waals surface area contributed by atoms with Gasteiger partial charge in [-0.05, 0) is 23.8 Å². The molecule has 2 amide bonds. The average molecular weight is 312 g/mol. The van der Waals surface area contributed by atoms with Crippen LogP contribution in [0.3, 0.4) is 0 Å². The Morgan fingerprint density at radius 3 is 2.78 bits per heavy atom. The summed E-state index contributed by atoms with van der Waals surface area (Å²) in [5.41, 5.74) is 1.38.